The Balaban J connectivity index is 1.51. The third-order valence-electron chi connectivity index (χ3n) is 4.92. The molecular formula is C23H25NO5. The van der Waals surface area contributed by atoms with E-state index >= 15 is 0 Å². The number of esters is 1. The van der Waals surface area contributed by atoms with E-state index < -0.39 is 0 Å². The van der Waals surface area contributed by atoms with Crippen LogP contribution in [0.25, 0.3) is 11.0 Å². The van der Waals surface area contributed by atoms with Crippen LogP contribution in [0.2, 0.25) is 0 Å². The van der Waals surface area contributed by atoms with Gasteiger partial charge in [-0.15, -0.1) is 0 Å². The Labute approximate surface area is 169 Å². The van der Waals surface area contributed by atoms with Crippen molar-refractivity contribution in [2.45, 2.75) is 45.8 Å². The SMILES string of the molecule is CCOC(=O)Cc1coc2cc(OCc3cc(N)cc4c3OC(C)(C)C4)ccc12. The Morgan fingerprint density at radius 1 is 1.21 bits per heavy atom. The van der Waals surface area contributed by atoms with Crippen molar-refractivity contribution in [1.29, 1.82) is 0 Å². The van der Waals surface area contributed by atoms with Crippen LogP contribution in [0.4, 0.5) is 5.69 Å². The summed E-state index contributed by atoms with van der Waals surface area (Å²) in [5.74, 6) is 1.26. The summed E-state index contributed by atoms with van der Waals surface area (Å²) in [6.45, 7) is 6.61. The van der Waals surface area contributed by atoms with Gasteiger partial charge in [-0.05, 0) is 45.0 Å². The summed E-state index contributed by atoms with van der Waals surface area (Å²) in [6.07, 6.45) is 2.59. The van der Waals surface area contributed by atoms with Gasteiger partial charge in [0.25, 0.3) is 0 Å². The molecule has 29 heavy (non-hydrogen) atoms. The van der Waals surface area contributed by atoms with Crippen LogP contribution < -0.4 is 15.2 Å². The van der Waals surface area contributed by atoms with Gasteiger partial charge in [-0.25, -0.2) is 0 Å². The fourth-order valence-corrected chi connectivity index (χ4v) is 3.74. The number of nitrogen functional groups attached to an aromatic ring is 1. The number of rotatable bonds is 6. The molecule has 0 saturated heterocycles. The molecule has 1 aliphatic rings. The fourth-order valence-electron chi connectivity index (χ4n) is 3.74. The van der Waals surface area contributed by atoms with E-state index in [-0.39, 0.29) is 18.0 Å². The van der Waals surface area contributed by atoms with Crippen molar-refractivity contribution in [2.24, 2.45) is 0 Å². The molecule has 0 aliphatic carbocycles. The monoisotopic (exact) mass is 395 g/mol. The van der Waals surface area contributed by atoms with Crippen molar-refractivity contribution >= 4 is 22.6 Å². The molecule has 6 heteroatoms. The van der Waals surface area contributed by atoms with E-state index in [2.05, 4.69) is 13.8 Å². The first kappa shape index (κ1) is 19.2. The number of carbonyl (C=O) groups excluding carboxylic acids is 1. The minimum Gasteiger partial charge on any atom is -0.489 e. The molecule has 0 saturated carbocycles. The van der Waals surface area contributed by atoms with E-state index in [1.807, 2.05) is 30.3 Å². The van der Waals surface area contributed by atoms with Gasteiger partial charge in [-0.2, -0.15) is 0 Å². The lowest BCUT2D eigenvalue weighted by Gasteiger charge is -2.18. The van der Waals surface area contributed by atoms with Crippen molar-refractivity contribution in [3.63, 3.8) is 0 Å². The molecule has 0 radical (unpaired) electrons. The quantitative estimate of drug-likeness (QED) is 0.492. The van der Waals surface area contributed by atoms with Crippen LogP contribution in [0.1, 0.15) is 37.5 Å². The summed E-state index contributed by atoms with van der Waals surface area (Å²) in [7, 11) is 0. The van der Waals surface area contributed by atoms with Crippen molar-refractivity contribution in [2.75, 3.05) is 12.3 Å². The van der Waals surface area contributed by atoms with Crippen LogP contribution in [0.3, 0.4) is 0 Å². The zero-order valence-electron chi connectivity index (χ0n) is 16.9. The zero-order chi connectivity index (χ0) is 20.6. The molecule has 152 valence electrons. The summed E-state index contributed by atoms with van der Waals surface area (Å²) in [4.78, 5) is 11.7. The van der Waals surface area contributed by atoms with E-state index in [0.717, 1.165) is 34.2 Å². The Hall–Kier alpha value is -3.15. The summed E-state index contributed by atoms with van der Waals surface area (Å²) in [5.41, 5.74) is 10.0. The lowest BCUT2D eigenvalue weighted by molar-refractivity contribution is -0.142. The molecule has 6 nitrogen and oxygen atoms in total. The molecule has 2 aromatic carbocycles. The molecule has 4 rings (SSSR count). The third kappa shape index (κ3) is 4.01. The second kappa shape index (κ2) is 7.35. The first-order valence-corrected chi connectivity index (χ1v) is 9.73. The Bertz CT molecular complexity index is 1070. The summed E-state index contributed by atoms with van der Waals surface area (Å²) in [6, 6.07) is 9.44. The number of benzene rings is 2. The van der Waals surface area contributed by atoms with Crippen molar-refractivity contribution in [3.05, 3.63) is 53.3 Å². The van der Waals surface area contributed by atoms with Gasteiger partial charge in [0.1, 0.15) is 29.3 Å². The molecule has 0 unspecified atom stereocenters. The van der Waals surface area contributed by atoms with Gasteiger partial charge >= 0.3 is 5.97 Å². The summed E-state index contributed by atoms with van der Waals surface area (Å²) < 4.78 is 22.7. The molecule has 0 atom stereocenters. The topological polar surface area (TPSA) is 83.9 Å². The van der Waals surface area contributed by atoms with Gasteiger partial charge in [-0.1, -0.05) is 0 Å². The van der Waals surface area contributed by atoms with Gasteiger partial charge in [0.05, 0.1) is 19.3 Å². The minimum absolute atomic E-state index is 0.184. The molecule has 0 amide bonds. The van der Waals surface area contributed by atoms with Crippen LogP contribution >= 0.6 is 0 Å². The highest BCUT2D eigenvalue weighted by Crippen LogP contribution is 2.39. The smallest absolute Gasteiger partial charge is 0.310 e. The Morgan fingerprint density at radius 3 is 2.83 bits per heavy atom. The third-order valence-corrected chi connectivity index (χ3v) is 4.92. The van der Waals surface area contributed by atoms with Gasteiger partial charge in [0.2, 0.25) is 0 Å². The standard InChI is InChI=1S/C23H25NO5/c1-4-26-21(25)9-15-12-28-20-10-18(5-6-19(15)20)27-13-16-8-17(24)7-14-11-23(2,3)29-22(14)16/h5-8,10,12H,4,9,11,13,24H2,1-3H3. The molecule has 2 heterocycles. The van der Waals surface area contributed by atoms with Gasteiger partial charge in [0, 0.05) is 40.3 Å². The average molecular weight is 395 g/mol. The summed E-state index contributed by atoms with van der Waals surface area (Å²) >= 11 is 0. The van der Waals surface area contributed by atoms with Gasteiger partial charge in [-0.3, -0.25) is 4.79 Å². The maximum Gasteiger partial charge on any atom is 0.310 e. The molecule has 2 N–H and O–H groups in total. The van der Waals surface area contributed by atoms with Crippen LogP contribution in [-0.4, -0.2) is 18.2 Å². The number of nitrogens with two attached hydrogens (primary N) is 1. The number of carbonyl (C=O) groups is 1. The molecular weight excluding hydrogens is 370 g/mol. The van der Waals surface area contributed by atoms with Crippen molar-refractivity contribution in [3.8, 4) is 11.5 Å². The summed E-state index contributed by atoms with van der Waals surface area (Å²) in [5, 5.41) is 0.875. The van der Waals surface area contributed by atoms with E-state index in [0.29, 0.717) is 30.2 Å². The normalized spacial score (nSPS) is 14.4. The molecule has 1 aromatic heterocycles. The van der Waals surface area contributed by atoms with Gasteiger partial charge in [0.15, 0.2) is 0 Å². The number of hydrogen-bond donors (Lipinski definition) is 1. The lowest BCUT2D eigenvalue weighted by atomic mass is 10.00. The fraction of sp³-hybridized carbons (Fsp3) is 0.348. The largest absolute Gasteiger partial charge is 0.489 e. The van der Waals surface area contributed by atoms with Crippen LogP contribution in [0.5, 0.6) is 11.5 Å². The highest BCUT2D eigenvalue weighted by atomic mass is 16.5. The minimum atomic E-state index is -0.269. The Kier molecular flexibility index (Phi) is 4.86. The maximum absolute atomic E-state index is 11.7. The molecule has 1 aliphatic heterocycles. The number of ether oxygens (including phenoxy) is 3. The van der Waals surface area contributed by atoms with Crippen LogP contribution in [-0.2, 0) is 29.0 Å². The maximum atomic E-state index is 11.7. The lowest BCUT2D eigenvalue weighted by Crippen LogP contribution is -2.25. The average Bonchev–Trinajstić information content (AvgIpc) is 3.18. The first-order valence-electron chi connectivity index (χ1n) is 9.73. The van der Waals surface area contributed by atoms with Crippen LogP contribution in [0, 0.1) is 0 Å². The van der Waals surface area contributed by atoms with Crippen molar-refractivity contribution in [1.82, 2.24) is 0 Å². The highest BCUT2D eigenvalue weighted by Gasteiger charge is 2.32. The van der Waals surface area contributed by atoms with E-state index in [1.54, 1.807) is 13.2 Å². The number of hydrogen-bond acceptors (Lipinski definition) is 6. The number of anilines is 1. The van der Waals surface area contributed by atoms with E-state index in [9.17, 15) is 4.79 Å². The predicted octanol–water partition coefficient (Wildman–Crippen LogP) is 4.41. The second-order valence-electron chi connectivity index (χ2n) is 7.90. The molecule has 0 fully saturated rings. The van der Waals surface area contributed by atoms with E-state index in [1.165, 1.54) is 0 Å². The van der Waals surface area contributed by atoms with E-state index in [4.69, 9.17) is 24.4 Å². The highest BCUT2D eigenvalue weighted by molar-refractivity contribution is 5.86. The number of fused-ring (bicyclic) bond motifs is 2. The molecule has 3 aromatic rings. The zero-order valence-corrected chi connectivity index (χ0v) is 16.9. The molecule has 0 bridgehead atoms. The predicted molar refractivity (Wildman–Crippen MR) is 110 cm³/mol. The van der Waals surface area contributed by atoms with Crippen molar-refractivity contribution < 1.29 is 23.4 Å². The van der Waals surface area contributed by atoms with Crippen LogP contribution in [0.15, 0.2) is 41.0 Å². The van der Waals surface area contributed by atoms with Gasteiger partial charge < -0.3 is 24.4 Å². The molecule has 0 spiro atoms. The number of furan rings is 1. The Morgan fingerprint density at radius 2 is 2.03 bits per heavy atom. The second-order valence-corrected chi connectivity index (χ2v) is 7.90. The first-order chi connectivity index (χ1) is 13.8.